The van der Waals surface area contributed by atoms with Gasteiger partial charge in [-0.3, -0.25) is 9.59 Å². The number of halogens is 1. The highest BCUT2D eigenvalue weighted by atomic mass is 35.5. The molecule has 2 heterocycles. The van der Waals surface area contributed by atoms with E-state index >= 15 is 0 Å². The highest BCUT2D eigenvalue weighted by Gasteiger charge is 2.34. The van der Waals surface area contributed by atoms with Gasteiger partial charge in [-0.2, -0.15) is 0 Å². The molecule has 1 aliphatic heterocycles. The summed E-state index contributed by atoms with van der Waals surface area (Å²) in [7, 11) is 0. The maximum Gasteiger partial charge on any atom is 0.227 e. The lowest BCUT2D eigenvalue weighted by atomic mass is 10.1. The maximum atomic E-state index is 12.2. The van der Waals surface area contributed by atoms with Gasteiger partial charge in [-0.1, -0.05) is 17.7 Å². The molecule has 1 atom stereocenters. The van der Waals surface area contributed by atoms with Crippen molar-refractivity contribution < 1.29 is 14.0 Å². The Morgan fingerprint density at radius 2 is 2.12 bits per heavy atom. The fourth-order valence-corrected chi connectivity index (χ4v) is 3.24. The third-order valence-electron chi connectivity index (χ3n) is 4.39. The number of nitrogens with zero attached hydrogens (tertiary/aromatic N) is 2. The van der Waals surface area contributed by atoms with E-state index in [1.807, 2.05) is 31.2 Å². The molecule has 1 fully saturated rings. The highest BCUT2D eigenvalue weighted by Crippen LogP contribution is 2.31. The van der Waals surface area contributed by atoms with E-state index in [0.29, 0.717) is 29.2 Å². The minimum absolute atomic E-state index is 0.110. The van der Waals surface area contributed by atoms with Crippen LogP contribution in [0.2, 0.25) is 0 Å². The zero-order valence-corrected chi connectivity index (χ0v) is 14.3. The van der Waals surface area contributed by atoms with Crippen molar-refractivity contribution in [1.29, 1.82) is 0 Å². The van der Waals surface area contributed by atoms with Crippen molar-refractivity contribution in [3.63, 3.8) is 0 Å². The fraction of sp³-hybridized carbons (Fsp3) is 0.211. The van der Waals surface area contributed by atoms with Gasteiger partial charge >= 0.3 is 0 Å². The SMILES string of the molecule is Cc1cccc(-c2nc3cc(N4CC(C(=O)Cl)CC4=O)ccc3o2)c1. The van der Waals surface area contributed by atoms with Gasteiger partial charge < -0.3 is 9.32 Å². The van der Waals surface area contributed by atoms with Gasteiger partial charge in [0, 0.05) is 24.2 Å². The summed E-state index contributed by atoms with van der Waals surface area (Å²) in [6, 6.07) is 13.3. The average Bonchev–Trinajstić information content (AvgIpc) is 3.17. The summed E-state index contributed by atoms with van der Waals surface area (Å²) in [5, 5.41) is -0.472. The number of fused-ring (bicyclic) bond motifs is 1. The molecule has 6 heteroatoms. The summed E-state index contributed by atoms with van der Waals surface area (Å²) >= 11 is 5.54. The second kappa shape index (κ2) is 6.01. The van der Waals surface area contributed by atoms with Crippen LogP contribution in [0, 0.1) is 12.8 Å². The van der Waals surface area contributed by atoms with Gasteiger partial charge in [-0.25, -0.2) is 4.98 Å². The van der Waals surface area contributed by atoms with E-state index < -0.39 is 11.2 Å². The summed E-state index contributed by atoms with van der Waals surface area (Å²) in [4.78, 5) is 29.6. The number of hydrogen-bond acceptors (Lipinski definition) is 4. The second-order valence-corrected chi connectivity index (χ2v) is 6.62. The van der Waals surface area contributed by atoms with E-state index in [-0.39, 0.29) is 12.3 Å². The van der Waals surface area contributed by atoms with Crippen LogP contribution in [0.1, 0.15) is 12.0 Å². The predicted octanol–water partition coefficient (Wildman–Crippen LogP) is 3.92. The Hall–Kier alpha value is -2.66. The lowest BCUT2D eigenvalue weighted by molar-refractivity contribution is -0.120. The van der Waals surface area contributed by atoms with Gasteiger partial charge in [-0.15, -0.1) is 0 Å². The number of aromatic nitrogens is 1. The molecule has 1 saturated heterocycles. The summed E-state index contributed by atoms with van der Waals surface area (Å²) in [5.41, 5.74) is 4.05. The normalized spacial score (nSPS) is 17.4. The smallest absolute Gasteiger partial charge is 0.227 e. The molecule has 3 aromatic rings. The van der Waals surface area contributed by atoms with E-state index in [1.54, 1.807) is 23.1 Å². The van der Waals surface area contributed by atoms with Gasteiger partial charge in [0.25, 0.3) is 0 Å². The average molecular weight is 355 g/mol. The Morgan fingerprint density at radius 1 is 1.28 bits per heavy atom. The predicted molar refractivity (Wildman–Crippen MR) is 95.5 cm³/mol. The lowest BCUT2D eigenvalue weighted by Gasteiger charge is -2.15. The molecule has 4 rings (SSSR count). The monoisotopic (exact) mass is 354 g/mol. The molecule has 2 aromatic carbocycles. The molecule has 1 unspecified atom stereocenters. The molecular formula is C19H15ClN2O3. The van der Waals surface area contributed by atoms with Crippen molar-refractivity contribution in [3.8, 4) is 11.5 Å². The van der Waals surface area contributed by atoms with E-state index in [4.69, 9.17) is 16.0 Å². The van der Waals surface area contributed by atoms with Crippen LogP contribution in [-0.2, 0) is 9.59 Å². The molecule has 1 aromatic heterocycles. The number of benzene rings is 2. The van der Waals surface area contributed by atoms with Crippen LogP contribution in [0.3, 0.4) is 0 Å². The Kier molecular flexibility index (Phi) is 3.81. The van der Waals surface area contributed by atoms with Crippen LogP contribution in [0.25, 0.3) is 22.6 Å². The van der Waals surface area contributed by atoms with Gasteiger partial charge in [0.15, 0.2) is 5.58 Å². The number of oxazole rings is 1. The van der Waals surface area contributed by atoms with Gasteiger partial charge in [0.1, 0.15) is 5.52 Å². The molecular weight excluding hydrogens is 340 g/mol. The zero-order valence-electron chi connectivity index (χ0n) is 13.5. The summed E-state index contributed by atoms with van der Waals surface area (Å²) in [5.74, 6) is -0.0248. The summed E-state index contributed by atoms with van der Waals surface area (Å²) in [6.45, 7) is 2.31. The van der Waals surface area contributed by atoms with E-state index in [9.17, 15) is 9.59 Å². The summed E-state index contributed by atoms with van der Waals surface area (Å²) < 4.78 is 5.82. The number of aryl methyl sites for hydroxylation is 1. The van der Waals surface area contributed by atoms with E-state index in [0.717, 1.165) is 11.1 Å². The molecule has 1 amide bonds. The molecule has 126 valence electrons. The molecule has 0 radical (unpaired) electrons. The third-order valence-corrected chi connectivity index (χ3v) is 4.70. The number of rotatable bonds is 3. The molecule has 0 N–H and O–H groups in total. The zero-order chi connectivity index (χ0) is 17.6. The first-order chi connectivity index (χ1) is 12.0. The minimum Gasteiger partial charge on any atom is -0.436 e. The third kappa shape index (κ3) is 2.91. The highest BCUT2D eigenvalue weighted by molar-refractivity contribution is 6.64. The topological polar surface area (TPSA) is 63.4 Å². The standard InChI is InChI=1S/C19H15ClN2O3/c1-11-3-2-4-12(7-11)19-21-15-9-14(5-6-16(15)25-19)22-10-13(18(20)24)8-17(22)23/h2-7,9,13H,8,10H2,1H3. The first-order valence-electron chi connectivity index (χ1n) is 7.98. The first kappa shape index (κ1) is 15.8. The van der Waals surface area contributed by atoms with Crippen LogP contribution in [-0.4, -0.2) is 22.7 Å². The molecule has 25 heavy (non-hydrogen) atoms. The van der Waals surface area contributed by atoms with Crippen LogP contribution >= 0.6 is 11.6 Å². The van der Waals surface area contributed by atoms with Crippen molar-refractivity contribution >= 4 is 39.5 Å². The van der Waals surface area contributed by atoms with E-state index in [2.05, 4.69) is 4.98 Å². The summed E-state index contributed by atoms with van der Waals surface area (Å²) in [6.07, 6.45) is 0.147. The van der Waals surface area contributed by atoms with Crippen LogP contribution in [0.15, 0.2) is 46.9 Å². The van der Waals surface area contributed by atoms with Crippen molar-refractivity contribution in [1.82, 2.24) is 4.98 Å². The first-order valence-corrected chi connectivity index (χ1v) is 8.36. The second-order valence-electron chi connectivity index (χ2n) is 6.25. The largest absolute Gasteiger partial charge is 0.436 e. The van der Waals surface area contributed by atoms with Crippen molar-refractivity contribution in [2.45, 2.75) is 13.3 Å². The van der Waals surface area contributed by atoms with Crippen LogP contribution in [0.4, 0.5) is 5.69 Å². The molecule has 0 spiro atoms. The number of carbonyl (C=O) groups is 2. The number of hydrogen-bond donors (Lipinski definition) is 0. The fourth-order valence-electron chi connectivity index (χ4n) is 3.09. The number of amides is 1. The Morgan fingerprint density at radius 3 is 2.84 bits per heavy atom. The van der Waals surface area contributed by atoms with Gasteiger partial charge in [-0.05, 0) is 48.9 Å². The van der Waals surface area contributed by atoms with Crippen molar-refractivity contribution in [3.05, 3.63) is 48.0 Å². The number of carbonyl (C=O) groups excluding carboxylic acids is 2. The van der Waals surface area contributed by atoms with Crippen molar-refractivity contribution in [2.24, 2.45) is 5.92 Å². The molecule has 0 saturated carbocycles. The molecule has 5 nitrogen and oxygen atoms in total. The van der Waals surface area contributed by atoms with Gasteiger partial charge in [0.2, 0.25) is 17.0 Å². The van der Waals surface area contributed by atoms with Crippen LogP contribution in [0.5, 0.6) is 0 Å². The van der Waals surface area contributed by atoms with Gasteiger partial charge in [0.05, 0.1) is 5.92 Å². The Bertz CT molecular complexity index is 995. The molecule has 0 aliphatic carbocycles. The lowest BCUT2D eigenvalue weighted by Crippen LogP contribution is -2.25. The van der Waals surface area contributed by atoms with Crippen molar-refractivity contribution in [2.75, 3.05) is 11.4 Å². The Labute approximate surface area is 149 Å². The van der Waals surface area contributed by atoms with Crippen LogP contribution < -0.4 is 4.90 Å². The Balaban J connectivity index is 1.69. The minimum atomic E-state index is -0.472. The number of anilines is 1. The van der Waals surface area contributed by atoms with E-state index in [1.165, 1.54) is 0 Å². The molecule has 1 aliphatic rings. The maximum absolute atomic E-state index is 12.2. The molecule has 0 bridgehead atoms. The quantitative estimate of drug-likeness (QED) is 0.669.